The molecule has 0 amide bonds. The first-order valence-electron chi connectivity index (χ1n) is 5.63. The van der Waals surface area contributed by atoms with Crippen LogP contribution >= 0.6 is 0 Å². The normalized spacial score (nSPS) is 19.2. The zero-order valence-electron chi connectivity index (χ0n) is 9.79. The van der Waals surface area contributed by atoms with Crippen LogP contribution in [0.15, 0.2) is 18.2 Å². The van der Waals surface area contributed by atoms with Gasteiger partial charge < -0.3 is 10.5 Å². The minimum Gasteiger partial charge on any atom is -0.496 e. The van der Waals surface area contributed by atoms with Crippen LogP contribution in [0.25, 0.3) is 0 Å². The van der Waals surface area contributed by atoms with Crippen LogP contribution < -0.4 is 10.5 Å². The van der Waals surface area contributed by atoms with E-state index in [1.165, 1.54) is 0 Å². The van der Waals surface area contributed by atoms with Gasteiger partial charge in [0.05, 0.1) is 7.11 Å². The predicted molar refractivity (Wildman–Crippen MR) is 62.4 cm³/mol. The number of ether oxygens (including phenoxy) is 1. The fraction of sp³-hybridized carbons (Fsp3) is 0.538. The van der Waals surface area contributed by atoms with Crippen LogP contribution in [-0.2, 0) is 12.1 Å². The molecule has 0 spiro atoms. The monoisotopic (exact) mass is 223 g/mol. The Morgan fingerprint density at radius 1 is 1.50 bits per heavy atom. The predicted octanol–water partition coefficient (Wildman–Crippen LogP) is 2.54. The van der Waals surface area contributed by atoms with E-state index in [0.717, 1.165) is 24.2 Å². The summed E-state index contributed by atoms with van der Waals surface area (Å²) in [6.45, 7) is 1.53. The molecule has 0 bridgehead atoms. The van der Waals surface area contributed by atoms with Gasteiger partial charge >= 0.3 is 0 Å². The molecule has 1 unspecified atom stereocenters. The number of halogens is 1. The summed E-state index contributed by atoms with van der Waals surface area (Å²) < 4.78 is 18.4. The van der Waals surface area contributed by atoms with Crippen molar-refractivity contribution in [2.24, 2.45) is 5.73 Å². The highest BCUT2D eigenvalue weighted by molar-refractivity contribution is 5.49. The molecule has 1 saturated carbocycles. The second-order valence-corrected chi connectivity index (χ2v) is 4.57. The molecule has 1 aromatic carbocycles. The van der Waals surface area contributed by atoms with Gasteiger partial charge in [-0.1, -0.05) is 12.1 Å². The molecule has 0 saturated heterocycles. The summed E-state index contributed by atoms with van der Waals surface area (Å²) >= 11 is 0. The number of hydrogen-bond donors (Lipinski definition) is 1. The topological polar surface area (TPSA) is 35.2 Å². The molecule has 2 nitrogen and oxygen atoms in total. The Morgan fingerprint density at radius 3 is 2.62 bits per heavy atom. The Balaban J connectivity index is 2.53. The van der Waals surface area contributed by atoms with E-state index in [9.17, 15) is 4.39 Å². The first kappa shape index (κ1) is 11.4. The maximum Gasteiger partial charge on any atom is 0.123 e. The van der Waals surface area contributed by atoms with Crippen LogP contribution in [0.5, 0.6) is 5.75 Å². The van der Waals surface area contributed by atoms with E-state index in [1.807, 2.05) is 25.1 Å². The van der Waals surface area contributed by atoms with Gasteiger partial charge in [-0.05, 0) is 31.4 Å². The Hall–Kier alpha value is -1.09. The molecule has 16 heavy (non-hydrogen) atoms. The highest BCUT2D eigenvalue weighted by atomic mass is 19.1. The van der Waals surface area contributed by atoms with E-state index in [1.54, 1.807) is 7.11 Å². The van der Waals surface area contributed by atoms with Gasteiger partial charge in [-0.15, -0.1) is 0 Å². The van der Waals surface area contributed by atoms with Gasteiger partial charge in [-0.25, -0.2) is 4.39 Å². The zero-order valence-corrected chi connectivity index (χ0v) is 9.79. The van der Waals surface area contributed by atoms with Crippen molar-refractivity contribution in [3.05, 3.63) is 29.3 Å². The first-order valence-corrected chi connectivity index (χ1v) is 5.63. The Bertz CT molecular complexity index is 363. The summed E-state index contributed by atoms with van der Waals surface area (Å²) in [5, 5.41) is 0. The minimum atomic E-state index is -0.457. The van der Waals surface area contributed by atoms with Gasteiger partial charge in [0, 0.05) is 17.0 Å². The fourth-order valence-electron chi connectivity index (χ4n) is 2.49. The molecule has 1 aromatic rings. The highest BCUT2D eigenvalue weighted by Crippen LogP contribution is 2.54. The molecule has 88 valence electrons. The Kier molecular flexibility index (Phi) is 2.89. The third-order valence-corrected chi connectivity index (χ3v) is 3.63. The quantitative estimate of drug-likeness (QED) is 0.851. The molecule has 1 fully saturated rings. The molecule has 0 heterocycles. The van der Waals surface area contributed by atoms with Gasteiger partial charge in [-0.3, -0.25) is 0 Å². The van der Waals surface area contributed by atoms with E-state index >= 15 is 0 Å². The van der Waals surface area contributed by atoms with Crippen LogP contribution in [0.3, 0.4) is 0 Å². The van der Waals surface area contributed by atoms with E-state index in [4.69, 9.17) is 10.5 Å². The largest absolute Gasteiger partial charge is 0.496 e. The van der Waals surface area contributed by atoms with Crippen LogP contribution in [0.2, 0.25) is 0 Å². The third kappa shape index (κ3) is 1.59. The van der Waals surface area contributed by atoms with Crippen LogP contribution in [0, 0.1) is 0 Å². The van der Waals surface area contributed by atoms with Gasteiger partial charge in [0.25, 0.3) is 0 Å². The van der Waals surface area contributed by atoms with Gasteiger partial charge in [0.15, 0.2) is 0 Å². The summed E-state index contributed by atoms with van der Waals surface area (Å²) in [4.78, 5) is 0. The first-order chi connectivity index (χ1) is 7.65. The SMILES string of the molecule is COc1cccc(CF)c1C1(C(C)N)CC1. The maximum absolute atomic E-state index is 13.0. The number of methoxy groups -OCH3 is 1. The smallest absolute Gasteiger partial charge is 0.123 e. The lowest BCUT2D eigenvalue weighted by molar-refractivity contribution is 0.392. The van der Waals surface area contributed by atoms with Crippen LogP contribution in [-0.4, -0.2) is 13.2 Å². The lowest BCUT2D eigenvalue weighted by atomic mass is 9.85. The standard InChI is InChI=1S/C13H18FNO/c1-9(15)13(6-7-13)12-10(8-14)4-3-5-11(12)16-2/h3-5,9H,6-8,15H2,1-2H3. The molecule has 1 aliphatic rings. The van der Waals surface area contributed by atoms with Crippen molar-refractivity contribution < 1.29 is 9.13 Å². The zero-order chi connectivity index (χ0) is 11.8. The number of hydrogen-bond acceptors (Lipinski definition) is 2. The van der Waals surface area contributed by atoms with E-state index in [0.29, 0.717) is 5.56 Å². The molecule has 2 N–H and O–H groups in total. The minimum absolute atomic E-state index is 0.0362. The van der Waals surface area contributed by atoms with Crippen molar-refractivity contribution in [3.8, 4) is 5.75 Å². The van der Waals surface area contributed by atoms with Crippen molar-refractivity contribution in [1.82, 2.24) is 0 Å². The van der Waals surface area contributed by atoms with Crippen molar-refractivity contribution in [2.45, 2.75) is 37.9 Å². The number of alkyl halides is 1. The number of nitrogens with two attached hydrogens (primary N) is 1. The van der Waals surface area contributed by atoms with Gasteiger partial charge in [0.2, 0.25) is 0 Å². The molecular formula is C13H18FNO. The van der Waals surface area contributed by atoms with Gasteiger partial charge in [0.1, 0.15) is 12.4 Å². The second kappa shape index (κ2) is 4.06. The highest BCUT2D eigenvalue weighted by Gasteiger charge is 2.50. The van der Waals surface area contributed by atoms with Crippen LogP contribution in [0.1, 0.15) is 30.9 Å². The van der Waals surface area contributed by atoms with E-state index in [2.05, 4.69) is 0 Å². The summed E-state index contributed by atoms with van der Waals surface area (Å²) in [5.41, 5.74) is 7.67. The molecule has 2 rings (SSSR count). The van der Waals surface area contributed by atoms with Crippen LogP contribution in [0.4, 0.5) is 4.39 Å². The average molecular weight is 223 g/mol. The fourth-order valence-corrected chi connectivity index (χ4v) is 2.49. The molecule has 0 radical (unpaired) electrons. The lowest BCUT2D eigenvalue weighted by Crippen LogP contribution is -2.32. The molecule has 1 atom stereocenters. The lowest BCUT2D eigenvalue weighted by Gasteiger charge is -2.24. The van der Waals surface area contributed by atoms with E-state index in [-0.39, 0.29) is 11.5 Å². The van der Waals surface area contributed by atoms with Gasteiger partial charge in [-0.2, -0.15) is 0 Å². The molecule has 3 heteroatoms. The Morgan fingerprint density at radius 2 is 2.19 bits per heavy atom. The van der Waals surface area contributed by atoms with Crippen molar-refractivity contribution in [1.29, 1.82) is 0 Å². The summed E-state index contributed by atoms with van der Waals surface area (Å²) in [7, 11) is 1.62. The number of rotatable bonds is 4. The Labute approximate surface area is 95.6 Å². The molecular weight excluding hydrogens is 205 g/mol. The molecule has 0 aliphatic heterocycles. The van der Waals surface area contributed by atoms with E-state index < -0.39 is 6.67 Å². The van der Waals surface area contributed by atoms with Crippen molar-refractivity contribution >= 4 is 0 Å². The second-order valence-electron chi connectivity index (χ2n) is 4.57. The molecule has 0 aromatic heterocycles. The average Bonchev–Trinajstić information content (AvgIpc) is 3.09. The van der Waals surface area contributed by atoms with Crippen molar-refractivity contribution in [3.63, 3.8) is 0 Å². The summed E-state index contributed by atoms with van der Waals surface area (Å²) in [6.07, 6.45) is 2.05. The number of benzene rings is 1. The molecule has 1 aliphatic carbocycles. The summed E-state index contributed by atoms with van der Waals surface area (Å²) in [5.74, 6) is 0.768. The third-order valence-electron chi connectivity index (χ3n) is 3.63. The summed E-state index contributed by atoms with van der Waals surface area (Å²) in [6, 6.07) is 5.57. The van der Waals surface area contributed by atoms with Crippen molar-refractivity contribution in [2.75, 3.05) is 7.11 Å². The maximum atomic E-state index is 13.0.